The van der Waals surface area contributed by atoms with E-state index in [0.29, 0.717) is 11.8 Å². The van der Waals surface area contributed by atoms with E-state index in [4.69, 9.17) is 4.74 Å². The van der Waals surface area contributed by atoms with Gasteiger partial charge in [0, 0.05) is 0 Å². The van der Waals surface area contributed by atoms with Crippen molar-refractivity contribution in [3.05, 3.63) is 59.2 Å². The number of rotatable bonds is 3. The van der Waals surface area contributed by atoms with Gasteiger partial charge in [0.25, 0.3) is 0 Å². The first-order valence-electron chi connectivity index (χ1n) is 5.30. The number of hydrogen-bond acceptors (Lipinski definition) is 2. The summed E-state index contributed by atoms with van der Waals surface area (Å²) in [6.07, 6.45) is 0.464. The van der Waals surface area contributed by atoms with E-state index < -0.39 is 11.6 Å². The lowest BCUT2D eigenvalue weighted by Gasteiger charge is -2.10. The lowest BCUT2D eigenvalue weighted by Crippen LogP contribution is -1.96. The largest absolute Gasteiger partial charge is 0.450 e. The van der Waals surface area contributed by atoms with Crippen molar-refractivity contribution in [3.8, 4) is 11.5 Å². The monoisotopic (exact) mass is 248 g/mol. The molecule has 0 unspecified atom stereocenters. The van der Waals surface area contributed by atoms with E-state index >= 15 is 0 Å². The van der Waals surface area contributed by atoms with Crippen LogP contribution in [-0.4, -0.2) is 6.29 Å². The van der Waals surface area contributed by atoms with Crippen molar-refractivity contribution >= 4 is 6.29 Å². The van der Waals surface area contributed by atoms with Crippen LogP contribution in [0.15, 0.2) is 36.4 Å². The molecule has 0 radical (unpaired) electrons. The van der Waals surface area contributed by atoms with Crippen LogP contribution in [0.4, 0.5) is 8.78 Å². The van der Waals surface area contributed by atoms with Crippen molar-refractivity contribution in [2.24, 2.45) is 0 Å². The fraction of sp³-hybridized carbons (Fsp3) is 0.0714. The molecule has 2 nitrogen and oxygen atoms in total. The molecule has 0 amide bonds. The Bertz CT molecular complexity index is 594. The Morgan fingerprint density at radius 1 is 1.11 bits per heavy atom. The highest BCUT2D eigenvalue weighted by Crippen LogP contribution is 2.30. The lowest BCUT2D eigenvalue weighted by molar-refractivity contribution is 0.112. The van der Waals surface area contributed by atoms with Crippen molar-refractivity contribution in [1.82, 2.24) is 0 Å². The summed E-state index contributed by atoms with van der Waals surface area (Å²) in [4.78, 5) is 10.8. The summed E-state index contributed by atoms with van der Waals surface area (Å²) in [5.41, 5.74) is 0.424. The zero-order valence-corrected chi connectivity index (χ0v) is 9.61. The molecular weight excluding hydrogens is 238 g/mol. The summed E-state index contributed by atoms with van der Waals surface area (Å²) in [7, 11) is 0. The van der Waals surface area contributed by atoms with E-state index in [1.807, 2.05) is 0 Å². The first-order chi connectivity index (χ1) is 8.63. The molecule has 0 heterocycles. The predicted octanol–water partition coefficient (Wildman–Crippen LogP) is 3.88. The smallest absolute Gasteiger partial charge is 0.173 e. The van der Waals surface area contributed by atoms with Crippen LogP contribution in [0.5, 0.6) is 11.5 Å². The summed E-state index contributed by atoms with van der Waals surface area (Å²) in [6.45, 7) is 1.57. The van der Waals surface area contributed by atoms with Gasteiger partial charge in [0.1, 0.15) is 0 Å². The molecule has 0 saturated carbocycles. The number of hydrogen-bond donors (Lipinski definition) is 0. The fourth-order valence-electron chi connectivity index (χ4n) is 1.54. The van der Waals surface area contributed by atoms with Crippen LogP contribution in [-0.2, 0) is 0 Å². The summed E-state index contributed by atoms with van der Waals surface area (Å²) < 4.78 is 32.4. The summed E-state index contributed by atoms with van der Waals surface area (Å²) in [5, 5.41) is 0. The quantitative estimate of drug-likeness (QED) is 0.770. The van der Waals surface area contributed by atoms with Gasteiger partial charge in [-0.15, -0.1) is 0 Å². The third-order valence-corrected chi connectivity index (χ3v) is 2.49. The van der Waals surface area contributed by atoms with E-state index in [-0.39, 0.29) is 17.1 Å². The lowest BCUT2D eigenvalue weighted by atomic mass is 10.2. The van der Waals surface area contributed by atoms with Gasteiger partial charge in [-0.1, -0.05) is 18.2 Å². The van der Waals surface area contributed by atoms with Gasteiger partial charge in [-0.3, -0.25) is 4.79 Å². The Balaban J connectivity index is 2.46. The van der Waals surface area contributed by atoms with E-state index in [2.05, 4.69) is 0 Å². The van der Waals surface area contributed by atoms with Gasteiger partial charge in [-0.05, 0) is 30.7 Å². The van der Waals surface area contributed by atoms with Gasteiger partial charge in [0.05, 0.1) is 5.56 Å². The average Bonchev–Trinajstić information content (AvgIpc) is 2.37. The van der Waals surface area contributed by atoms with Gasteiger partial charge in [-0.2, -0.15) is 0 Å². The Morgan fingerprint density at radius 2 is 1.83 bits per heavy atom. The van der Waals surface area contributed by atoms with Gasteiger partial charge in [-0.25, -0.2) is 8.78 Å². The molecule has 2 aromatic rings. The van der Waals surface area contributed by atoms with Crippen LogP contribution in [0.2, 0.25) is 0 Å². The van der Waals surface area contributed by atoms with Crippen molar-refractivity contribution in [2.75, 3.05) is 0 Å². The zero-order chi connectivity index (χ0) is 13.1. The normalized spacial score (nSPS) is 10.2. The number of aryl methyl sites for hydroxylation is 1. The molecule has 0 bridgehead atoms. The zero-order valence-electron chi connectivity index (χ0n) is 9.61. The van der Waals surface area contributed by atoms with Crippen LogP contribution in [0, 0.1) is 18.6 Å². The Hall–Kier alpha value is -2.23. The maximum Gasteiger partial charge on any atom is 0.173 e. The van der Waals surface area contributed by atoms with Crippen LogP contribution in [0.3, 0.4) is 0 Å². The molecule has 2 aromatic carbocycles. The number of carbonyl (C=O) groups excluding carboxylic acids is 1. The van der Waals surface area contributed by atoms with E-state index in [1.54, 1.807) is 19.1 Å². The summed E-state index contributed by atoms with van der Waals surface area (Å²) in [6, 6.07) is 8.48. The van der Waals surface area contributed by atoms with Crippen LogP contribution >= 0.6 is 0 Å². The fourth-order valence-corrected chi connectivity index (χ4v) is 1.54. The number of benzene rings is 2. The molecule has 2 rings (SSSR count). The SMILES string of the molecule is Cc1cccc(Oc2c(F)cccc2C=O)c1F. The highest BCUT2D eigenvalue weighted by Gasteiger charge is 2.13. The molecular formula is C14H10F2O2. The van der Waals surface area contributed by atoms with Crippen LogP contribution < -0.4 is 4.74 Å². The number of carbonyl (C=O) groups is 1. The minimum Gasteiger partial charge on any atom is -0.450 e. The first-order valence-corrected chi connectivity index (χ1v) is 5.30. The van der Waals surface area contributed by atoms with E-state index in [9.17, 15) is 13.6 Å². The Labute approximate surface area is 103 Å². The van der Waals surface area contributed by atoms with Gasteiger partial charge < -0.3 is 4.74 Å². The number of halogens is 2. The topological polar surface area (TPSA) is 26.3 Å². The maximum atomic E-state index is 13.7. The predicted molar refractivity (Wildman–Crippen MR) is 63.0 cm³/mol. The van der Waals surface area contributed by atoms with E-state index in [0.717, 1.165) is 6.07 Å². The molecule has 18 heavy (non-hydrogen) atoms. The summed E-state index contributed by atoms with van der Waals surface area (Å²) in [5.74, 6) is -1.65. The van der Waals surface area contributed by atoms with Crippen molar-refractivity contribution in [3.63, 3.8) is 0 Å². The second kappa shape index (κ2) is 4.96. The van der Waals surface area contributed by atoms with Crippen molar-refractivity contribution < 1.29 is 18.3 Å². The van der Waals surface area contributed by atoms with Crippen LogP contribution in [0.1, 0.15) is 15.9 Å². The number of ether oxygens (including phenoxy) is 1. The van der Waals surface area contributed by atoms with Crippen LogP contribution in [0.25, 0.3) is 0 Å². The highest BCUT2D eigenvalue weighted by atomic mass is 19.1. The molecule has 0 saturated heterocycles. The van der Waals surface area contributed by atoms with E-state index in [1.165, 1.54) is 18.2 Å². The highest BCUT2D eigenvalue weighted by molar-refractivity contribution is 5.79. The number of aldehydes is 1. The third-order valence-electron chi connectivity index (χ3n) is 2.49. The molecule has 0 aliphatic rings. The second-order valence-electron chi connectivity index (χ2n) is 3.77. The number of para-hydroxylation sites is 1. The molecule has 0 N–H and O–H groups in total. The molecule has 0 aliphatic carbocycles. The third kappa shape index (κ3) is 2.22. The van der Waals surface area contributed by atoms with Crippen molar-refractivity contribution in [2.45, 2.75) is 6.92 Å². The average molecular weight is 248 g/mol. The minimum atomic E-state index is -0.708. The standard InChI is InChI=1S/C14H10F2O2/c1-9-4-2-7-12(13(9)16)18-14-10(8-17)5-3-6-11(14)15/h2-8H,1H3. The molecule has 92 valence electrons. The molecule has 0 aromatic heterocycles. The van der Waals surface area contributed by atoms with Gasteiger partial charge in [0.15, 0.2) is 29.4 Å². The maximum absolute atomic E-state index is 13.7. The molecule has 0 fully saturated rings. The summed E-state index contributed by atoms with van der Waals surface area (Å²) >= 11 is 0. The van der Waals surface area contributed by atoms with Gasteiger partial charge >= 0.3 is 0 Å². The minimum absolute atomic E-state index is 0.0379. The van der Waals surface area contributed by atoms with Crippen molar-refractivity contribution in [1.29, 1.82) is 0 Å². The molecule has 0 atom stereocenters. The molecule has 0 spiro atoms. The Kier molecular flexibility index (Phi) is 3.37. The second-order valence-corrected chi connectivity index (χ2v) is 3.77. The Morgan fingerprint density at radius 3 is 2.56 bits per heavy atom. The molecule has 4 heteroatoms. The molecule has 0 aliphatic heterocycles. The van der Waals surface area contributed by atoms with Gasteiger partial charge in [0.2, 0.25) is 0 Å². The first kappa shape index (κ1) is 12.2.